The molecular formula is C21H25N7S. The predicted octanol–water partition coefficient (Wildman–Crippen LogP) is 3.80. The van der Waals surface area contributed by atoms with Crippen molar-refractivity contribution in [2.75, 3.05) is 48.0 Å². The highest BCUT2D eigenvalue weighted by atomic mass is 32.2. The number of aryl methyl sites for hydroxylation is 1. The third-order valence-corrected chi connectivity index (χ3v) is 5.50. The van der Waals surface area contributed by atoms with Gasteiger partial charge in [0.15, 0.2) is 0 Å². The molecule has 0 bridgehead atoms. The number of benzene rings is 2. The topological polar surface area (TPSA) is 78.0 Å². The zero-order valence-electron chi connectivity index (χ0n) is 16.6. The van der Waals surface area contributed by atoms with E-state index in [-0.39, 0.29) is 0 Å². The Hall–Kier alpha value is -2.84. The van der Waals surface area contributed by atoms with Gasteiger partial charge in [0.1, 0.15) is 0 Å². The Balaban J connectivity index is 1.64. The van der Waals surface area contributed by atoms with Gasteiger partial charge in [0.2, 0.25) is 17.8 Å². The molecule has 1 aliphatic heterocycles. The van der Waals surface area contributed by atoms with Crippen LogP contribution in [-0.2, 0) is 0 Å². The first kappa shape index (κ1) is 19.5. The van der Waals surface area contributed by atoms with E-state index in [9.17, 15) is 0 Å². The predicted molar refractivity (Wildman–Crippen MR) is 121 cm³/mol. The van der Waals surface area contributed by atoms with Gasteiger partial charge in [-0.25, -0.2) is 0 Å². The molecule has 150 valence electrons. The summed E-state index contributed by atoms with van der Waals surface area (Å²) in [4.78, 5) is 17.4. The average molecular weight is 408 g/mol. The maximum Gasteiger partial charge on any atom is 0.233 e. The highest BCUT2D eigenvalue weighted by Gasteiger charge is 2.16. The van der Waals surface area contributed by atoms with Crippen molar-refractivity contribution in [3.63, 3.8) is 0 Å². The van der Waals surface area contributed by atoms with E-state index in [1.165, 1.54) is 4.90 Å². The molecule has 0 atom stereocenters. The second kappa shape index (κ2) is 9.11. The van der Waals surface area contributed by atoms with Gasteiger partial charge in [0, 0.05) is 42.4 Å². The number of nitrogens with one attached hydrogen (secondary N) is 3. The van der Waals surface area contributed by atoms with E-state index < -0.39 is 0 Å². The quantitative estimate of drug-likeness (QED) is 0.533. The lowest BCUT2D eigenvalue weighted by atomic mass is 10.2. The molecule has 3 N–H and O–H groups in total. The second-order valence-electron chi connectivity index (χ2n) is 6.81. The number of anilines is 5. The molecule has 1 saturated heterocycles. The van der Waals surface area contributed by atoms with Crippen LogP contribution in [0.25, 0.3) is 0 Å². The average Bonchev–Trinajstić information content (AvgIpc) is 2.76. The molecule has 29 heavy (non-hydrogen) atoms. The number of thioether (sulfide) groups is 1. The van der Waals surface area contributed by atoms with E-state index in [4.69, 9.17) is 0 Å². The van der Waals surface area contributed by atoms with Crippen molar-refractivity contribution < 1.29 is 0 Å². The maximum absolute atomic E-state index is 4.68. The van der Waals surface area contributed by atoms with Crippen LogP contribution < -0.4 is 20.9 Å². The molecule has 7 nitrogen and oxygen atoms in total. The van der Waals surface area contributed by atoms with Crippen LogP contribution in [0, 0.1) is 6.92 Å². The molecule has 4 rings (SSSR count). The molecule has 0 aliphatic carbocycles. The standard InChI is InChI=1S/C21H25N7S/c1-15-5-3-4-6-18(15)24-20-25-19(23-16-7-9-17(29-2)10-8-16)26-21(27-20)28-13-11-22-12-14-28/h3-10,22H,11-14H2,1-2H3,(H2,23,24,25,26,27). The van der Waals surface area contributed by atoms with Gasteiger partial charge < -0.3 is 20.9 Å². The second-order valence-corrected chi connectivity index (χ2v) is 7.69. The van der Waals surface area contributed by atoms with Gasteiger partial charge in [-0.3, -0.25) is 0 Å². The lowest BCUT2D eigenvalue weighted by molar-refractivity contribution is 0.579. The molecule has 0 radical (unpaired) electrons. The van der Waals surface area contributed by atoms with Crippen molar-refractivity contribution in [2.24, 2.45) is 0 Å². The van der Waals surface area contributed by atoms with Crippen LogP contribution in [0.2, 0.25) is 0 Å². The van der Waals surface area contributed by atoms with E-state index in [2.05, 4.69) is 67.2 Å². The number of nitrogens with zero attached hydrogens (tertiary/aromatic N) is 4. The molecule has 0 saturated carbocycles. The van der Waals surface area contributed by atoms with Crippen LogP contribution in [0.15, 0.2) is 53.4 Å². The summed E-state index contributed by atoms with van der Waals surface area (Å²) < 4.78 is 0. The Morgan fingerprint density at radius 1 is 0.897 bits per heavy atom. The van der Waals surface area contributed by atoms with Crippen molar-refractivity contribution in [1.29, 1.82) is 0 Å². The Kier molecular flexibility index (Phi) is 6.12. The SMILES string of the molecule is CSc1ccc(Nc2nc(Nc3ccccc3C)nc(N3CCNCC3)n2)cc1. The van der Waals surface area contributed by atoms with Crippen LogP contribution in [0.3, 0.4) is 0 Å². The summed E-state index contributed by atoms with van der Waals surface area (Å²) in [6, 6.07) is 16.3. The fourth-order valence-electron chi connectivity index (χ4n) is 3.12. The molecule has 0 amide bonds. The Morgan fingerprint density at radius 2 is 1.59 bits per heavy atom. The monoisotopic (exact) mass is 407 g/mol. The third-order valence-electron chi connectivity index (χ3n) is 4.76. The minimum Gasteiger partial charge on any atom is -0.338 e. The van der Waals surface area contributed by atoms with Crippen molar-refractivity contribution in [1.82, 2.24) is 20.3 Å². The molecular weight excluding hydrogens is 382 g/mol. The molecule has 0 spiro atoms. The first-order chi connectivity index (χ1) is 14.2. The van der Waals surface area contributed by atoms with Crippen LogP contribution >= 0.6 is 11.8 Å². The van der Waals surface area contributed by atoms with Gasteiger partial charge in [-0.15, -0.1) is 11.8 Å². The van der Waals surface area contributed by atoms with E-state index in [0.29, 0.717) is 17.8 Å². The Morgan fingerprint density at radius 3 is 2.28 bits per heavy atom. The molecule has 1 fully saturated rings. The van der Waals surface area contributed by atoms with Crippen molar-refractivity contribution in [2.45, 2.75) is 11.8 Å². The minimum absolute atomic E-state index is 0.529. The molecule has 1 aliphatic rings. The number of aromatic nitrogens is 3. The van der Waals surface area contributed by atoms with E-state index in [1.807, 2.05) is 30.3 Å². The highest BCUT2D eigenvalue weighted by Crippen LogP contribution is 2.23. The van der Waals surface area contributed by atoms with Crippen LogP contribution in [0.4, 0.5) is 29.2 Å². The first-order valence-electron chi connectivity index (χ1n) is 9.67. The van der Waals surface area contributed by atoms with Gasteiger partial charge in [-0.1, -0.05) is 18.2 Å². The first-order valence-corrected chi connectivity index (χ1v) is 10.9. The maximum atomic E-state index is 4.68. The summed E-state index contributed by atoms with van der Waals surface area (Å²) in [7, 11) is 0. The molecule has 1 aromatic heterocycles. The van der Waals surface area contributed by atoms with Gasteiger partial charge in [0.25, 0.3) is 0 Å². The number of hydrogen-bond donors (Lipinski definition) is 3. The smallest absolute Gasteiger partial charge is 0.233 e. The lowest BCUT2D eigenvalue weighted by Crippen LogP contribution is -2.44. The highest BCUT2D eigenvalue weighted by molar-refractivity contribution is 7.98. The molecule has 8 heteroatoms. The fraction of sp³-hybridized carbons (Fsp3) is 0.286. The summed E-state index contributed by atoms with van der Waals surface area (Å²) in [6.45, 7) is 5.65. The Labute approximate surface area is 175 Å². The van der Waals surface area contributed by atoms with Crippen molar-refractivity contribution >= 4 is 41.0 Å². The molecule has 0 unspecified atom stereocenters. The summed E-state index contributed by atoms with van der Waals surface area (Å²) in [5.74, 6) is 1.74. The molecule has 3 aromatic rings. The zero-order chi connectivity index (χ0) is 20.1. The van der Waals surface area contributed by atoms with Crippen LogP contribution in [0.5, 0.6) is 0 Å². The molecule has 2 aromatic carbocycles. The lowest BCUT2D eigenvalue weighted by Gasteiger charge is -2.27. The van der Waals surface area contributed by atoms with E-state index in [1.54, 1.807) is 11.8 Å². The van der Waals surface area contributed by atoms with E-state index in [0.717, 1.165) is 43.1 Å². The summed E-state index contributed by atoms with van der Waals surface area (Å²) >= 11 is 1.72. The number of hydrogen-bond acceptors (Lipinski definition) is 8. The normalized spacial score (nSPS) is 13.9. The summed E-state index contributed by atoms with van der Waals surface area (Å²) in [5.41, 5.74) is 3.07. The summed E-state index contributed by atoms with van der Waals surface area (Å²) in [5, 5.41) is 10.0. The Bertz CT molecular complexity index is 955. The summed E-state index contributed by atoms with van der Waals surface area (Å²) in [6.07, 6.45) is 2.07. The fourth-order valence-corrected chi connectivity index (χ4v) is 3.53. The van der Waals surface area contributed by atoms with Crippen molar-refractivity contribution in [3.8, 4) is 0 Å². The van der Waals surface area contributed by atoms with Gasteiger partial charge in [0.05, 0.1) is 0 Å². The minimum atomic E-state index is 0.529. The number of rotatable bonds is 6. The van der Waals surface area contributed by atoms with Gasteiger partial charge in [-0.05, 0) is 49.1 Å². The molecule has 2 heterocycles. The number of piperazine rings is 1. The number of para-hydroxylation sites is 1. The van der Waals surface area contributed by atoms with Gasteiger partial charge in [-0.2, -0.15) is 15.0 Å². The van der Waals surface area contributed by atoms with Gasteiger partial charge >= 0.3 is 0 Å². The third kappa shape index (κ3) is 4.96. The zero-order valence-corrected chi connectivity index (χ0v) is 17.5. The van der Waals surface area contributed by atoms with Crippen molar-refractivity contribution in [3.05, 3.63) is 54.1 Å². The van der Waals surface area contributed by atoms with Crippen LogP contribution in [-0.4, -0.2) is 47.4 Å². The van der Waals surface area contributed by atoms with Crippen LogP contribution in [0.1, 0.15) is 5.56 Å². The van der Waals surface area contributed by atoms with E-state index >= 15 is 0 Å². The largest absolute Gasteiger partial charge is 0.338 e.